The molecule has 1 aliphatic heterocycles. The lowest BCUT2D eigenvalue weighted by Crippen LogP contribution is -2.24. The molecule has 1 fully saturated rings. The Morgan fingerprint density at radius 1 is 0.615 bits per heavy atom. The second-order valence-electron chi connectivity index (χ2n) is 8.03. The molecule has 4 heteroatoms. The van der Waals surface area contributed by atoms with Crippen molar-refractivity contribution in [1.29, 1.82) is 5.41 Å². The van der Waals surface area contributed by atoms with Gasteiger partial charge in [0.25, 0.3) is 0 Å². The highest BCUT2D eigenvalue weighted by Gasteiger charge is 2.10. The van der Waals surface area contributed by atoms with Crippen LogP contribution in [-0.2, 0) is 0 Å². The van der Waals surface area contributed by atoms with Crippen molar-refractivity contribution in [3.63, 3.8) is 0 Å². The fourth-order valence-corrected chi connectivity index (χ4v) is 3.88. The third-order valence-electron chi connectivity index (χ3n) is 5.63. The first-order valence-electron chi connectivity index (χ1n) is 11.3. The molecule has 1 heterocycles. The summed E-state index contributed by atoms with van der Waals surface area (Å²) in [4.78, 5) is 4.77. The molecule has 0 spiro atoms. The van der Waals surface area contributed by atoms with Gasteiger partial charge in [-0.3, -0.25) is 10.4 Å². The average Bonchev–Trinajstić information content (AvgIpc) is 2.70. The van der Waals surface area contributed by atoms with Crippen LogP contribution in [0, 0.1) is 5.41 Å². The number of amidine groups is 1. The Morgan fingerprint density at radius 2 is 1.12 bits per heavy atom. The number of aliphatic imine (C=N–C) groups is 1. The quantitative estimate of drug-likeness (QED) is 0.522. The lowest BCUT2D eigenvalue weighted by Gasteiger charge is -2.12. The van der Waals surface area contributed by atoms with Crippen molar-refractivity contribution < 1.29 is 0 Å². The zero-order valence-corrected chi connectivity index (χ0v) is 16.8. The molecule has 1 aliphatic carbocycles. The van der Waals surface area contributed by atoms with Crippen LogP contribution in [0.25, 0.3) is 0 Å². The fraction of sp³-hybridized carbons (Fsp3) is 0.864. The van der Waals surface area contributed by atoms with Crippen LogP contribution < -0.4 is 5.43 Å². The lowest BCUT2D eigenvalue weighted by atomic mass is 9.99. The van der Waals surface area contributed by atoms with Crippen molar-refractivity contribution >= 4 is 17.3 Å². The van der Waals surface area contributed by atoms with E-state index in [2.05, 4.69) is 10.5 Å². The summed E-state index contributed by atoms with van der Waals surface area (Å²) in [6, 6.07) is 0. The van der Waals surface area contributed by atoms with Gasteiger partial charge >= 0.3 is 0 Å². The first-order chi connectivity index (χ1) is 12.9. The van der Waals surface area contributed by atoms with Gasteiger partial charge in [0.2, 0.25) is 0 Å². The van der Waals surface area contributed by atoms with E-state index < -0.39 is 0 Å². The third kappa shape index (κ3) is 9.49. The summed E-state index contributed by atoms with van der Waals surface area (Å²) >= 11 is 0. The van der Waals surface area contributed by atoms with Crippen LogP contribution in [0.15, 0.2) is 10.1 Å². The molecule has 4 nitrogen and oxygen atoms in total. The maximum atomic E-state index is 8.46. The topological polar surface area (TPSA) is 60.6 Å². The van der Waals surface area contributed by atoms with E-state index in [-0.39, 0.29) is 0 Å². The zero-order valence-electron chi connectivity index (χ0n) is 16.8. The predicted octanol–water partition coefficient (Wildman–Crippen LogP) is 6.40. The SMILES string of the molecule is N=C1CCCCCCCCCCC1=NNC1=NCCCCCCCCC1. The van der Waals surface area contributed by atoms with E-state index >= 15 is 0 Å². The van der Waals surface area contributed by atoms with E-state index in [1.54, 1.807) is 0 Å². The van der Waals surface area contributed by atoms with E-state index in [1.807, 2.05) is 0 Å². The molecule has 2 aliphatic rings. The third-order valence-corrected chi connectivity index (χ3v) is 5.63. The van der Waals surface area contributed by atoms with Gasteiger partial charge in [0, 0.05) is 13.0 Å². The Labute approximate surface area is 160 Å². The maximum Gasteiger partial charge on any atom is 0.117 e. The van der Waals surface area contributed by atoms with Crippen LogP contribution in [0.5, 0.6) is 0 Å². The summed E-state index contributed by atoms with van der Waals surface area (Å²) in [5, 5.41) is 13.1. The number of hydrogen-bond donors (Lipinski definition) is 2. The van der Waals surface area contributed by atoms with Crippen molar-refractivity contribution in [3.05, 3.63) is 0 Å². The van der Waals surface area contributed by atoms with Crippen LogP contribution in [0.3, 0.4) is 0 Å². The Morgan fingerprint density at radius 3 is 1.77 bits per heavy atom. The van der Waals surface area contributed by atoms with E-state index in [1.165, 1.54) is 83.5 Å². The summed E-state index contributed by atoms with van der Waals surface area (Å²) in [5.74, 6) is 1.04. The number of nitrogens with one attached hydrogen (secondary N) is 2. The molecular formula is C22H40N4. The Balaban J connectivity index is 1.92. The Kier molecular flexibility index (Phi) is 11.3. The molecule has 0 saturated heterocycles. The molecule has 2 rings (SSSR count). The molecule has 0 radical (unpaired) electrons. The highest BCUT2D eigenvalue weighted by atomic mass is 15.3. The molecular weight excluding hydrogens is 320 g/mol. The van der Waals surface area contributed by atoms with Gasteiger partial charge in [-0.15, -0.1) is 0 Å². The predicted molar refractivity (Wildman–Crippen MR) is 114 cm³/mol. The van der Waals surface area contributed by atoms with Crippen molar-refractivity contribution in [2.45, 2.75) is 116 Å². The summed E-state index contributed by atoms with van der Waals surface area (Å²) in [6.45, 7) is 0.921. The number of hydrazone groups is 1. The minimum Gasteiger partial charge on any atom is -0.303 e. The smallest absolute Gasteiger partial charge is 0.117 e. The van der Waals surface area contributed by atoms with Gasteiger partial charge < -0.3 is 5.41 Å². The maximum absolute atomic E-state index is 8.46. The first-order valence-corrected chi connectivity index (χ1v) is 11.3. The molecule has 1 saturated carbocycles. The summed E-state index contributed by atoms with van der Waals surface area (Å²) < 4.78 is 0. The molecule has 0 aromatic rings. The number of nitrogens with zero attached hydrogens (tertiary/aromatic N) is 2. The minimum atomic E-state index is 0.746. The number of hydrogen-bond acceptors (Lipinski definition) is 4. The van der Waals surface area contributed by atoms with Gasteiger partial charge in [0.1, 0.15) is 5.84 Å². The lowest BCUT2D eigenvalue weighted by molar-refractivity contribution is 0.572. The van der Waals surface area contributed by atoms with Gasteiger partial charge in [-0.05, 0) is 38.5 Å². The first kappa shape index (κ1) is 21.1. The summed E-state index contributed by atoms with van der Waals surface area (Å²) in [6.07, 6.45) is 22.2. The molecule has 0 aromatic carbocycles. The van der Waals surface area contributed by atoms with E-state index in [9.17, 15) is 0 Å². The molecule has 2 N–H and O–H groups in total. The molecule has 148 valence electrons. The summed E-state index contributed by atoms with van der Waals surface area (Å²) in [5.41, 5.74) is 4.99. The minimum absolute atomic E-state index is 0.746. The van der Waals surface area contributed by atoms with Crippen molar-refractivity contribution in [2.75, 3.05) is 6.54 Å². The van der Waals surface area contributed by atoms with Gasteiger partial charge in [0.15, 0.2) is 0 Å². The van der Waals surface area contributed by atoms with E-state index in [0.29, 0.717) is 0 Å². The number of rotatable bonds is 1. The molecule has 0 bridgehead atoms. The highest BCUT2D eigenvalue weighted by Crippen LogP contribution is 2.15. The second-order valence-corrected chi connectivity index (χ2v) is 8.03. The normalized spacial score (nSPS) is 24.7. The highest BCUT2D eigenvalue weighted by molar-refractivity contribution is 6.41. The zero-order chi connectivity index (χ0) is 18.3. The second kappa shape index (κ2) is 13.9. The van der Waals surface area contributed by atoms with Crippen molar-refractivity contribution in [3.8, 4) is 0 Å². The molecule has 0 unspecified atom stereocenters. The Bertz CT molecular complexity index is 453. The Hall–Kier alpha value is -1.19. The average molecular weight is 361 g/mol. The van der Waals surface area contributed by atoms with Crippen LogP contribution in [0.4, 0.5) is 0 Å². The van der Waals surface area contributed by atoms with Gasteiger partial charge in [-0.2, -0.15) is 5.10 Å². The summed E-state index contributed by atoms with van der Waals surface area (Å²) in [7, 11) is 0. The van der Waals surface area contributed by atoms with E-state index in [0.717, 1.165) is 55.9 Å². The van der Waals surface area contributed by atoms with Gasteiger partial charge in [0.05, 0.1) is 11.4 Å². The largest absolute Gasteiger partial charge is 0.303 e. The fourth-order valence-electron chi connectivity index (χ4n) is 3.88. The van der Waals surface area contributed by atoms with Crippen LogP contribution >= 0.6 is 0 Å². The monoisotopic (exact) mass is 360 g/mol. The van der Waals surface area contributed by atoms with Crippen LogP contribution in [0.1, 0.15) is 116 Å². The van der Waals surface area contributed by atoms with E-state index in [4.69, 9.17) is 10.4 Å². The van der Waals surface area contributed by atoms with Crippen molar-refractivity contribution in [2.24, 2.45) is 10.1 Å². The van der Waals surface area contributed by atoms with Gasteiger partial charge in [-0.1, -0.05) is 70.6 Å². The van der Waals surface area contributed by atoms with Crippen LogP contribution in [0.2, 0.25) is 0 Å². The molecule has 26 heavy (non-hydrogen) atoms. The standard InChI is InChI=1S/C22H40N4/c23-20-16-12-8-4-1-2-5-9-13-17-21(20)25-26-22-18-14-10-6-3-7-11-15-19-24-22/h23H,1-19H2,(H,24,26). The molecule has 0 amide bonds. The van der Waals surface area contributed by atoms with Gasteiger partial charge in [-0.25, -0.2) is 0 Å². The van der Waals surface area contributed by atoms with Crippen molar-refractivity contribution in [1.82, 2.24) is 5.43 Å². The molecule has 0 atom stereocenters. The van der Waals surface area contributed by atoms with Crippen LogP contribution in [-0.4, -0.2) is 23.8 Å². The molecule has 0 aromatic heterocycles.